The topological polar surface area (TPSA) is 107 Å². The molecule has 1 fully saturated rings. The van der Waals surface area contributed by atoms with Gasteiger partial charge in [-0.05, 0) is 24.3 Å². The number of carboxylic acid groups (broad SMARTS) is 1. The van der Waals surface area contributed by atoms with E-state index in [9.17, 15) is 18.3 Å². The summed E-state index contributed by atoms with van der Waals surface area (Å²) in [4.78, 5) is 11.0. The van der Waals surface area contributed by atoms with Crippen molar-refractivity contribution in [2.24, 2.45) is 0 Å². The van der Waals surface area contributed by atoms with E-state index in [1.807, 2.05) is 0 Å². The first-order valence-electron chi connectivity index (χ1n) is 6.27. The van der Waals surface area contributed by atoms with E-state index in [1.165, 1.54) is 28.6 Å². The predicted molar refractivity (Wildman–Crippen MR) is 74.4 cm³/mol. The molecule has 0 amide bonds. The summed E-state index contributed by atoms with van der Waals surface area (Å²) in [5, 5.41) is 18.2. The summed E-state index contributed by atoms with van der Waals surface area (Å²) in [6.45, 7) is 0.211. The average Bonchev–Trinajstić information content (AvgIpc) is 2.46. The number of aromatic hydroxyl groups is 1. The highest BCUT2D eigenvalue weighted by Gasteiger charge is 2.32. The number of phenolic OH excluding ortho intramolecular Hbond substituents is 1. The summed E-state index contributed by atoms with van der Waals surface area (Å²) in [6.07, 6.45) is 0. The minimum atomic E-state index is -3.96. The maximum Gasteiger partial charge on any atom is 0.324 e. The molecule has 0 unspecified atom stereocenters. The number of ether oxygens (including phenoxy) is 1. The van der Waals surface area contributed by atoms with E-state index in [2.05, 4.69) is 0 Å². The average molecular weight is 316 g/mol. The van der Waals surface area contributed by atoms with Crippen LogP contribution in [0.2, 0.25) is 0 Å². The highest BCUT2D eigenvalue weighted by Crippen LogP contribution is 2.23. The van der Waals surface area contributed by atoms with Gasteiger partial charge < -0.3 is 14.9 Å². The summed E-state index contributed by atoms with van der Waals surface area (Å²) in [5.41, 5.74) is 0.182. The van der Waals surface area contributed by atoms with Gasteiger partial charge in [-0.25, -0.2) is 4.31 Å². The lowest BCUT2D eigenvalue weighted by Crippen LogP contribution is -2.50. The van der Waals surface area contributed by atoms with E-state index in [0.29, 0.717) is 0 Å². The van der Waals surface area contributed by atoms with Crippen molar-refractivity contribution in [1.82, 2.24) is 4.31 Å². The van der Waals surface area contributed by atoms with Crippen LogP contribution in [0.4, 0.5) is 5.69 Å². The van der Waals surface area contributed by atoms with Crippen LogP contribution in [0.1, 0.15) is 0 Å². The fourth-order valence-electron chi connectivity index (χ4n) is 1.96. The zero-order valence-electron chi connectivity index (χ0n) is 11.2. The fourth-order valence-corrected chi connectivity index (χ4v) is 3.52. The van der Waals surface area contributed by atoms with Crippen LogP contribution in [-0.4, -0.2) is 61.8 Å². The number of carboxylic acids is 1. The molecule has 0 saturated carbocycles. The number of phenols is 1. The molecule has 9 heteroatoms. The van der Waals surface area contributed by atoms with Crippen LogP contribution >= 0.6 is 0 Å². The Morgan fingerprint density at radius 2 is 1.81 bits per heavy atom. The third-order valence-corrected chi connectivity index (χ3v) is 4.91. The summed E-state index contributed by atoms with van der Waals surface area (Å²) in [7, 11) is -3.96. The Balaban J connectivity index is 2.34. The van der Waals surface area contributed by atoms with Crippen molar-refractivity contribution in [1.29, 1.82) is 0 Å². The zero-order valence-corrected chi connectivity index (χ0v) is 12.0. The Morgan fingerprint density at radius 3 is 2.33 bits per heavy atom. The molecule has 0 aliphatic carbocycles. The number of hydrogen-bond donors (Lipinski definition) is 2. The molecule has 116 valence electrons. The SMILES string of the molecule is O=C(O)CN(c1ccc(O)cc1)S(=O)(=O)N1CCOCC1. The number of carbonyl (C=O) groups is 1. The third-order valence-electron chi connectivity index (χ3n) is 2.99. The van der Waals surface area contributed by atoms with Gasteiger partial charge in [0, 0.05) is 13.1 Å². The molecule has 1 aliphatic rings. The maximum atomic E-state index is 12.6. The quantitative estimate of drug-likeness (QED) is 0.783. The van der Waals surface area contributed by atoms with E-state index >= 15 is 0 Å². The Kier molecular flexibility index (Phi) is 4.66. The van der Waals surface area contributed by atoms with Crippen molar-refractivity contribution < 1.29 is 28.2 Å². The van der Waals surface area contributed by atoms with Gasteiger partial charge in [-0.1, -0.05) is 0 Å². The van der Waals surface area contributed by atoms with E-state index in [1.54, 1.807) is 0 Å². The number of hydrogen-bond acceptors (Lipinski definition) is 5. The molecular formula is C12H16N2O6S. The Hall–Kier alpha value is -1.84. The second kappa shape index (κ2) is 6.29. The molecular weight excluding hydrogens is 300 g/mol. The number of morpholine rings is 1. The summed E-state index contributed by atoms with van der Waals surface area (Å²) >= 11 is 0. The van der Waals surface area contributed by atoms with Crippen LogP contribution < -0.4 is 4.31 Å². The lowest BCUT2D eigenvalue weighted by atomic mass is 10.3. The fraction of sp³-hybridized carbons (Fsp3) is 0.417. The first kappa shape index (κ1) is 15.5. The summed E-state index contributed by atoms with van der Waals surface area (Å²) in [5.74, 6) is -1.29. The highest BCUT2D eigenvalue weighted by atomic mass is 32.2. The van der Waals surface area contributed by atoms with Gasteiger partial charge in [-0.2, -0.15) is 12.7 Å². The van der Waals surface area contributed by atoms with Crippen molar-refractivity contribution in [2.75, 3.05) is 37.2 Å². The first-order valence-corrected chi connectivity index (χ1v) is 7.67. The number of benzene rings is 1. The molecule has 0 atom stereocenters. The molecule has 1 aromatic rings. The van der Waals surface area contributed by atoms with Crippen molar-refractivity contribution >= 4 is 21.9 Å². The lowest BCUT2D eigenvalue weighted by Gasteiger charge is -2.32. The molecule has 1 aliphatic heterocycles. The first-order chi connectivity index (χ1) is 9.91. The van der Waals surface area contributed by atoms with Crippen molar-refractivity contribution in [3.63, 3.8) is 0 Å². The smallest absolute Gasteiger partial charge is 0.324 e. The third kappa shape index (κ3) is 3.63. The van der Waals surface area contributed by atoms with Gasteiger partial charge in [0.1, 0.15) is 12.3 Å². The second-order valence-corrected chi connectivity index (χ2v) is 6.29. The van der Waals surface area contributed by atoms with Crippen molar-refractivity contribution in [2.45, 2.75) is 0 Å². The Labute approximate surface area is 122 Å². The van der Waals surface area contributed by atoms with E-state index in [0.717, 1.165) is 4.31 Å². The number of anilines is 1. The molecule has 1 aromatic carbocycles. The van der Waals surface area contributed by atoms with Crippen molar-refractivity contribution in [3.8, 4) is 5.75 Å². The molecule has 1 heterocycles. The van der Waals surface area contributed by atoms with Gasteiger partial charge in [-0.3, -0.25) is 4.79 Å². The van der Waals surface area contributed by atoms with E-state index in [4.69, 9.17) is 9.84 Å². The largest absolute Gasteiger partial charge is 0.508 e. The van der Waals surface area contributed by atoms with Gasteiger partial charge in [-0.15, -0.1) is 0 Å². The monoisotopic (exact) mass is 316 g/mol. The number of nitrogens with zero attached hydrogens (tertiary/aromatic N) is 2. The van der Waals surface area contributed by atoms with Crippen LogP contribution in [-0.2, 0) is 19.7 Å². The van der Waals surface area contributed by atoms with Gasteiger partial charge in [0.2, 0.25) is 0 Å². The minimum Gasteiger partial charge on any atom is -0.508 e. The van der Waals surface area contributed by atoms with Crippen molar-refractivity contribution in [3.05, 3.63) is 24.3 Å². The molecule has 2 N–H and O–H groups in total. The van der Waals surface area contributed by atoms with Crippen LogP contribution in [0.3, 0.4) is 0 Å². The molecule has 0 bridgehead atoms. The zero-order chi connectivity index (χ0) is 15.5. The van der Waals surface area contributed by atoms with Crippen LogP contribution in [0, 0.1) is 0 Å². The molecule has 21 heavy (non-hydrogen) atoms. The lowest BCUT2D eigenvalue weighted by molar-refractivity contribution is -0.135. The molecule has 0 radical (unpaired) electrons. The standard InChI is InChI=1S/C12H16N2O6S/c15-11-3-1-10(2-4-11)14(9-12(16)17)21(18,19)13-5-7-20-8-6-13/h1-4,15H,5-9H2,(H,16,17). The molecule has 0 spiro atoms. The van der Waals surface area contributed by atoms with E-state index in [-0.39, 0.29) is 37.7 Å². The molecule has 0 aromatic heterocycles. The molecule has 8 nitrogen and oxygen atoms in total. The number of rotatable bonds is 5. The van der Waals surface area contributed by atoms with Crippen LogP contribution in [0.25, 0.3) is 0 Å². The second-order valence-electron chi connectivity index (χ2n) is 4.44. The Bertz CT molecular complexity index is 595. The van der Waals surface area contributed by atoms with Gasteiger partial charge in [0.15, 0.2) is 0 Å². The maximum absolute atomic E-state index is 12.6. The minimum absolute atomic E-state index is 0.0298. The number of aliphatic carboxylic acids is 1. The van der Waals surface area contributed by atoms with Crippen LogP contribution in [0.5, 0.6) is 5.75 Å². The normalized spacial score (nSPS) is 16.6. The van der Waals surface area contributed by atoms with Crippen LogP contribution in [0.15, 0.2) is 24.3 Å². The van der Waals surface area contributed by atoms with Gasteiger partial charge in [0.25, 0.3) is 0 Å². The summed E-state index contributed by atoms with van der Waals surface area (Å²) in [6, 6.07) is 5.32. The van der Waals surface area contributed by atoms with Gasteiger partial charge >= 0.3 is 16.2 Å². The highest BCUT2D eigenvalue weighted by molar-refractivity contribution is 7.90. The van der Waals surface area contributed by atoms with E-state index < -0.39 is 22.7 Å². The molecule has 2 rings (SSSR count). The summed E-state index contributed by atoms with van der Waals surface area (Å²) < 4.78 is 32.2. The van der Waals surface area contributed by atoms with Gasteiger partial charge in [0.05, 0.1) is 18.9 Å². The Morgan fingerprint density at radius 1 is 1.24 bits per heavy atom. The predicted octanol–water partition coefficient (Wildman–Crippen LogP) is -0.140. The molecule has 1 saturated heterocycles.